The Balaban J connectivity index is 1.16. The third-order valence-corrected chi connectivity index (χ3v) is 9.20. The number of hydrogen-bond donors (Lipinski definition) is 1. The van der Waals surface area contributed by atoms with Crippen LogP contribution in [-0.4, -0.2) is 22.6 Å². The third kappa shape index (κ3) is 5.18. The first-order chi connectivity index (χ1) is 24.7. The van der Waals surface area contributed by atoms with Crippen molar-refractivity contribution >= 4 is 61.8 Å². The Labute approximate surface area is 288 Å². The second-order valence-electron chi connectivity index (χ2n) is 12.2. The number of para-hydroxylation sites is 2. The smallest absolute Gasteiger partial charge is 0.229 e. The van der Waals surface area contributed by atoms with Gasteiger partial charge in [-0.2, -0.15) is 4.99 Å². The zero-order valence-electron chi connectivity index (χ0n) is 27.0. The van der Waals surface area contributed by atoms with E-state index in [1.165, 1.54) is 11.1 Å². The van der Waals surface area contributed by atoms with Crippen molar-refractivity contribution in [1.82, 2.24) is 4.57 Å². The average Bonchev–Trinajstić information content (AvgIpc) is 3.73. The fourth-order valence-electron chi connectivity index (χ4n) is 6.82. The Kier molecular flexibility index (Phi) is 7.21. The van der Waals surface area contributed by atoms with Crippen molar-refractivity contribution in [1.29, 1.82) is 5.41 Å². The summed E-state index contributed by atoms with van der Waals surface area (Å²) in [6, 6.07) is 57.6. The van der Waals surface area contributed by atoms with Gasteiger partial charge in [-0.15, -0.1) is 0 Å². The van der Waals surface area contributed by atoms with Crippen LogP contribution in [0.2, 0.25) is 0 Å². The van der Waals surface area contributed by atoms with Crippen LogP contribution in [0.25, 0.3) is 66.0 Å². The van der Waals surface area contributed by atoms with Gasteiger partial charge in [0.15, 0.2) is 5.84 Å². The minimum absolute atomic E-state index is 0.0774. The molecule has 5 heteroatoms. The molecule has 0 spiro atoms. The summed E-state index contributed by atoms with van der Waals surface area (Å²) in [6.45, 7) is 0. The van der Waals surface area contributed by atoms with Gasteiger partial charge in [0.2, 0.25) is 5.96 Å². The topological polar surface area (TPSA) is 66.6 Å². The molecule has 0 radical (unpaired) electrons. The summed E-state index contributed by atoms with van der Waals surface area (Å²) in [5.41, 5.74) is 9.68. The maximum Gasteiger partial charge on any atom is 0.229 e. The summed E-state index contributed by atoms with van der Waals surface area (Å²) in [7, 11) is 0. The molecule has 7 aromatic carbocycles. The van der Waals surface area contributed by atoms with Crippen LogP contribution in [0.1, 0.15) is 11.1 Å². The van der Waals surface area contributed by atoms with Crippen molar-refractivity contribution in [2.75, 3.05) is 0 Å². The van der Waals surface area contributed by atoms with Crippen LogP contribution in [0, 0.1) is 5.41 Å². The minimum atomic E-state index is 0.0774. The van der Waals surface area contributed by atoms with Crippen molar-refractivity contribution < 1.29 is 4.42 Å². The lowest BCUT2D eigenvalue weighted by Gasteiger charge is -2.08. The molecule has 0 aliphatic carbocycles. The lowest BCUT2D eigenvalue weighted by atomic mass is 9.96. The van der Waals surface area contributed by atoms with Gasteiger partial charge >= 0.3 is 0 Å². The number of furan rings is 1. The van der Waals surface area contributed by atoms with E-state index in [0.29, 0.717) is 5.84 Å². The number of fused-ring (bicyclic) bond motifs is 6. The van der Waals surface area contributed by atoms with Crippen LogP contribution in [0.4, 0.5) is 0 Å². The molecule has 50 heavy (non-hydrogen) atoms. The lowest BCUT2D eigenvalue weighted by Crippen LogP contribution is -2.11. The fourth-order valence-corrected chi connectivity index (χ4v) is 6.82. The normalized spacial score (nSPS) is 12.1. The van der Waals surface area contributed by atoms with E-state index in [-0.39, 0.29) is 5.96 Å². The number of aromatic nitrogens is 1. The van der Waals surface area contributed by atoms with Gasteiger partial charge in [0, 0.05) is 33.3 Å². The van der Waals surface area contributed by atoms with E-state index >= 15 is 0 Å². The molecular formula is C45H30N4O. The molecule has 0 aliphatic rings. The van der Waals surface area contributed by atoms with E-state index in [1.54, 1.807) is 6.21 Å². The molecule has 2 heterocycles. The fraction of sp³-hybridized carbons (Fsp3) is 0. The molecule has 9 rings (SSSR count). The Morgan fingerprint density at radius 3 is 1.88 bits per heavy atom. The van der Waals surface area contributed by atoms with Gasteiger partial charge in [0.25, 0.3) is 0 Å². The van der Waals surface area contributed by atoms with E-state index in [1.807, 2.05) is 102 Å². The molecule has 9 aromatic rings. The summed E-state index contributed by atoms with van der Waals surface area (Å²) < 4.78 is 8.37. The number of nitrogens with one attached hydrogen (secondary N) is 1. The van der Waals surface area contributed by atoms with Crippen molar-refractivity contribution in [3.05, 3.63) is 181 Å². The van der Waals surface area contributed by atoms with E-state index in [0.717, 1.165) is 66.0 Å². The van der Waals surface area contributed by atoms with Gasteiger partial charge in [0.1, 0.15) is 11.2 Å². The van der Waals surface area contributed by atoms with Crippen LogP contribution in [0.3, 0.4) is 0 Å². The summed E-state index contributed by atoms with van der Waals surface area (Å²) >= 11 is 0. The Hall–Kier alpha value is -6.85. The molecule has 1 N–H and O–H groups in total. The second kappa shape index (κ2) is 12.3. The zero-order valence-corrected chi connectivity index (χ0v) is 27.0. The highest BCUT2D eigenvalue weighted by atomic mass is 16.3. The predicted octanol–water partition coefficient (Wildman–Crippen LogP) is 11.4. The molecule has 0 saturated heterocycles. The van der Waals surface area contributed by atoms with E-state index in [9.17, 15) is 5.41 Å². The van der Waals surface area contributed by atoms with Crippen molar-refractivity contribution in [3.63, 3.8) is 0 Å². The molecule has 0 fully saturated rings. The molecule has 5 nitrogen and oxygen atoms in total. The number of hydrogen-bond acceptors (Lipinski definition) is 2. The van der Waals surface area contributed by atoms with E-state index in [4.69, 9.17) is 14.4 Å². The highest BCUT2D eigenvalue weighted by Crippen LogP contribution is 2.38. The molecule has 236 valence electrons. The van der Waals surface area contributed by atoms with Crippen molar-refractivity contribution in [3.8, 4) is 22.3 Å². The second-order valence-corrected chi connectivity index (χ2v) is 12.2. The number of benzene rings is 7. The number of rotatable bonds is 4. The minimum Gasteiger partial charge on any atom is -0.456 e. The van der Waals surface area contributed by atoms with Gasteiger partial charge in [-0.1, -0.05) is 140 Å². The monoisotopic (exact) mass is 642 g/mol. The van der Waals surface area contributed by atoms with Gasteiger partial charge in [-0.3, -0.25) is 9.98 Å². The maximum absolute atomic E-state index is 9.30. The average molecular weight is 643 g/mol. The molecule has 0 atom stereocenters. The Morgan fingerprint density at radius 1 is 0.540 bits per heavy atom. The van der Waals surface area contributed by atoms with Crippen molar-refractivity contribution in [2.45, 2.75) is 0 Å². The van der Waals surface area contributed by atoms with Crippen molar-refractivity contribution in [2.24, 2.45) is 9.98 Å². The standard InChI is InChI=1S/C45H30N4O/c46-45(49-39-19-9-7-16-36(39)37-17-8-10-20-40(37)49)48-44(47-29-30-12-3-1-4-13-30)34-26-27-38-42(28-34)50-41-21-11-18-35(43(38)41)33-24-22-32(23-25-33)31-14-5-2-6-15-31/h1-29,46H. The van der Waals surface area contributed by atoms with Gasteiger partial charge in [-0.05, 0) is 58.1 Å². The van der Waals surface area contributed by atoms with Crippen LogP contribution in [0.15, 0.2) is 184 Å². The van der Waals surface area contributed by atoms with E-state index < -0.39 is 0 Å². The zero-order chi connectivity index (χ0) is 33.4. The molecular weight excluding hydrogens is 613 g/mol. The van der Waals surface area contributed by atoms with Gasteiger partial charge in [-0.25, -0.2) is 4.99 Å². The highest BCUT2D eigenvalue weighted by Gasteiger charge is 2.17. The Bertz CT molecular complexity index is 2700. The summed E-state index contributed by atoms with van der Waals surface area (Å²) in [5, 5.41) is 13.5. The van der Waals surface area contributed by atoms with Gasteiger partial charge in [0.05, 0.1) is 11.0 Å². The van der Waals surface area contributed by atoms with E-state index in [2.05, 4.69) is 72.8 Å². The summed E-state index contributed by atoms with van der Waals surface area (Å²) in [5.74, 6) is 0.494. The molecule has 0 aliphatic heterocycles. The molecule has 2 aromatic heterocycles. The van der Waals surface area contributed by atoms with Crippen LogP contribution < -0.4 is 0 Å². The number of aliphatic imine (C=N–C) groups is 2. The van der Waals surface area contributed by atoms with Crippen LogP contribution in [0.5, 0.6) is 0 Å². The molecule has 0 unspecified atom stereocenters. The first kappa shape index (κ1) is 29.3. The molecule has 0 saturated carbocycles. The quantitative estimate of drug-likeness (QED) is 0.151. The SMILES string of the molecule is N=C(N=C(N=Cc1ccccc1)c1ccc2c(c1)oc1cccc(-c3ccc(-c4ccccc4)cc3)c12)n1c2ccccc2c2ccccc21. The predicted molar refractivity (Wildman–Crippen MR) is 208 cm³/mol. The first-order valence-corrected chi connectivity index (χ1v) is 16.6. The first-order valence-electron chi connectivity index (χ1n) is 16.6. The number of amidine groups is 1. The maximum atomic E-state index is 9.30. The number of nitrogens with zero attached hydrogens (tertiary/aromatic N) is 3. The molecule has 0 bridgehead atoms. The van der Waals surface area contributed by atoms with Crippen LogP contribution in [-0.2, 0) is 0 Å². The third-order valence-electron chi connectivity index (χ3n) is 9.20. The molecule has 0 amide bonds. The summed E-state index contributed by atoms with van der Waals surface area (Å²) in [4.78, 5) is 9.75. The summed E-state index contributed by atoms with van der Waals surface area (Å²) in [6.07, 6.45) is 1.79. The van der Waals surface area contributed by atoms with Gasteiger partial charge < -0.3 is 4.42 Å². The van der Waals surface area contributed by atoms with Crippen LogP contribution >= 0.6 is 0 Å². The Morgan fingerprint density at radius 2 is 1.16 bits per heavy atom. The largest absolute Gasteiger partial charge is 0.456 e. The highest BCUT2D eigenvalue weighted by molar-refractivity contribution is 6.18. The lowest BCUT2D eigenvalue weighted by molar-refractivity contribution is 0.669.